The van der Waals surface area contributed by atoms with E-state index in [-0.39, 0.29) is 24.5 Å². The molecule has 0 bridgehead atoms. The number of likely N-dealkylation sites (N-methyl/N-ethyl adjacent to an activating group) is 1. The first-order chi connectivity index (χ1) is 12.6. The fourth-order valence-corrected chi connectivity index (χ4v) is 3.17. The fraction of sp³-hybridized carbons (Fsp3) is 0.400. The Morgan fingerprint density at radius 2 is 1.81 bits per heavy atom. The number of nitrogens with one attached hydrogen (secondary N) is 1. The molecule has 0 aliphatic carbocycles. The lowest BCUT2D eigenvalue weighted by atomic mass is 10.2. The molecule has 0 unspecified atom stereocenters. The number of ketones is 1. The molecule has 0 aliphatic heterocycles. The van der Waals surface area contributed by atoms with Crippen molar-refractivity contribution in [3.05, 3.63) is 46.7 Å². The number of thiophene rings is 1. The number of Topliss-reactive ketones (excluding diaryl/α,β-unsaturated/α-hetero) is 1. The van der Waals surface area contributed by atoms with Crippen LogP contribution in [0.2, 0.25) is 0 Å². The van der Waals surface area contributed by atoms with Crippen molar-refractivity contribution in [3.63, 3.8) is 0 Å². The van der Waals surface area contributed by atoms with E-state index in [0.29, 0.717) is 17.2 Å². The summed E-state index contributed by atoms with van der Waals surface area (Å²) >= 11 is 1.40. The van der Waals surface area contributed by atoms with Gasteiger partial charge < -0.3 is 15.0 Å². The Morgan fingerprint density at radius 3 is 2.42 bits per heavy atom. The minimum atomic E-state index is -0.162. The predicted molar refractivity (Wildman–Crippen MR) is 106 cm³/mol. The quantitative estimate of drug-likeness (QED) is 0.602. The van der Waals surface area contributed by atoms with Gasteiger partial charge >= 0.3 is 0 Å². The summed E-state index contributed by atoms with van der Waals surface area (Å²) in [5.41, 5.74) is 0.703. The van der Waals surface area contributed by atoms with Crippen LogP contribution in [0.3, 0.4) is 0 Å². The van der Waals surface area contributed by atoms with Gasteiger partial charge in [-0.2, -0.15) is 0 Å². The lowest BCUT2D eigenvalue weighted by Gasteiger charge is -2.18. The number of anilines is 1. The van der Waals surface area contributed by atoms with Crippen molar-refractivity contribution >= 4 is 28.7 Å². The minimum absolute atomic E-state index is 0.00657. The van der Waals surface area contributed by atoms with Crippen molar-refractivity contribution in [2.24, 2.45) is 0 Å². The highest BCUT2D eigenvalue weighted by Gasteiger charge is 2.10. The highest BCUT2D eigenvalue weighted by atomic mass is 32.1. The summed E-state index contributed by atoms with van der Waals surface area (Å²) in [6, 6.07) is 10.9. The Bertz CT molecular complexity index is 680. The number of carbonyl (C=O) groups is 2. The van der Waals surface area contributed by atoms with E-state index in [9.17, 15) is 9.59 Å². The first kappa shape index (κ1) is 20.1. The molecule has 6 heteroatoms. The molecular weight excluding hydrogens is 348 g/mol. The summed E-state index contributed by atoms with van der Waals surface area (Å²) in [6.07, 6.45) is 0.401. The Hall–Kier alpha value is -2.18. The van der Waals surface area contributed by atoms with Crippen LogP contribution in [-0.2, 0) is 4.79 Å². The lowest BCUT2D eigenvalue weighted by molar-refractivity contribution is -0.116. The molecule has 0 fully saturated rings. The Labute approximate surface area is 159 Å². The molecule has 26 heavy (non-hydrogen) atoms. The van der Waals surface area contributed by atoms with E-state index >= 15 is 0 Å². The lowest BCUT2D eigenvalue weighted by Crippen LogP contribution is -2.27. The molecule has 1 amide bonds. The molecule has 2 aromatic rings. The summed E-state index contributed by atoms with van der Waals surface area (Å²) in [5, 5.41) is 4.67. The van der Waals surface area contributed by atoms with Gasteiger partial charge in [-0.1, -0.05) is 19.9 Å². The summed E-state index contributed by atoms with van der Waals surface area (Å²) in [4.78, 5) is 26.9. The van der Waals surface area contributed by atoms with Gasteiger partial charge in [0.05, 0.1) is 4.88 Å². The van der Waals surface area contributed by atoms with Crippen molar-refractivity contribution in [2.45, 2.75) is 26.7 Å². The zero-order valence-corrected chi connectivity index (χ0v) is 16.2. The van der Waals surface area contributed by atoms with Crippen molar-refractivity contribution < 1.29 is 14.3 Å². The average Bonchev–Trinajstić information content (AvgIpc) is 3.19. The monoisotopic (exact) mass is 374 g/mol. The molecule has 0 atom stereocenters. The second-order valence-electron chi connectivity index (χ2n) is 5.85. The molecule has 1 heterocycles. The number of nitrogens with zero attached hydrogens (tertiary/aromatic N) is 1. The maximum absolute atomic E-state index is 12.0. The van der Waals surface area contributed by atoms with Gasteiger partial charge in [0, 0.05) is 25.1 Å². The highest BCUT2D eigenvalue weighted by molar-refractivity contribution is 7.12. The van der Waals surface area contributed by atoms with Crippen LogP contribution < -0.4 is 10.1 Å². The molecule has 1 aromatic carbocycles. The second kappa shape index (κ2) is 10.7. The first-order valence-electron chi connectivity index (χ1n) is 8.94. The number of benzene rings is 1. The summed E-state index contributed by atoms with van der Waals surface area (Å²) < 4.78 is 5.72. The van der Waals surface area contributed by atoms with Crippen LogP contribution in [0.5, 0.6) is 5.75 Å². The summed E-state index contributed by atoms with van der Waals surface area (Å²) in [6.45, 7) is 7.82. The molecule has 140 valence electrons. The number of amides is 1. The highest BCUT2D eigenvalue weighted by Crippen LogP contribution is 2.17. The van der Waals surface area contributed by atoms with Gasteiger partial charge in [0.25, 0.3) is 0 Å². The van der Waals surface area contributed by atoms with Gasteiger partial charge in [0.1, 0.15) is 12.4 Å². The van der Waals surface area contributed by atoms with E-state index in [1.54, 1.807) is 6.07 Å². The molecule has 2 rings (SSSR count). The average molecular weight is 375 g/mol. The van der Waals surface area contributed by atoms with Gasteiger partial charge in [-0.3, -0.25) is 9.59 Å². The Kier molecular flexibility index (Phi) is 8.31. The molecule has 0 aliphatic rings. The van der Waals surface area contributed by atoms with Crippen molar-refractivity contribution in [1.82, 2.24) is 4.90 Å². The van der Waals surface area contributed by atoms with Crippen molar-refractivity contribution in [1.29, 1.82) is 0 Å². The standard InChI is InChI=1S/C20H26N2O3S/c1-3-22(4-2)13-14-25-17-9-7-16(8-10-17)21-20(24)12-11-18(23)19-6-5-15-26-19/h5-10,15H,3-4,11-14H2,1-2H3,(H,21,24). The Morgan fingerprint density at radius 1 is 1.08 bits per heavy atom. The molecule has 0 saturated carbocycles. The number of carbonyl (C=O) groups excluding carboxylic acids is 2. The molecule has 5 nitrogen and oxygen atoms in total. The zero-order chi connectivity index (χ0) is 18.8. The fourth-order valence-electron chi connectivity index (χ4n) is 2.48. The molecule has 1 aromatic heterocycles. The van der Waals surface area contributed by atoms with Crippen LogP contribution in [0.1, 0.15) is 36.4 Å². The molecule has 0 spiro atoms. The van der Waals surface area contributed by atoms with Gasteiger partial charge in [0.15, 0.2) is 5.78 Å². The van der Waals surface area contributed by atoms with Crippen molar-refractivity contribution in [2.75, 3.05) is 31.6 Å². The number of hydrogen-bond donors (Lipinski definition) is 1. The van der Waals surface area contributed by atoms with Crippen LogP contribution in [0, 0.1) is 0 Å². The van der Waals surface area contributed by atoms with E-state index in [2.05, 4.69) is 24.1 Å². The van der Waals surface area contributed by atoms with E-state index in [1.807, 2.05) is 35.7 Å². The van der Waals surface area contributed by atoms with Crippen LogP contribution >= 0.6 is 11.3 Å². The first-order valence-corrected chi connectivity index (χ1v) is 9.82. The molecule has 0 saturated heterocycles. The van der Waals surface area contributed by atoms with Gasteiger partial charge in [-0.05, 0) is 48.8 Å². The van der Waals surface area contributed by atoms with Crippen LogP contribution in [0.15, 0.2) is 41.8 Å². The molecule has 0 radical (unpaired) electrons. The minimum Gasteiger partial charge on any atom is -0.492 e. The second-order valence-corrected chi connectivity index (χ2v) is 6.80. The third-order valence-corrected chi connectivity index (χ3v) is 4.99. The van der Waals surface area contributed by atoms with Gasteiger partial charge in [-0.25, -0.2) is 0 Å². The number of ether oxygens (including phenoxy) is 1. The Balaban J connectivity index is 1.72. The zero-order valence-electron chi connectivity index (χ0n) is 15.4. The maximum Gasteiger partial charge on any atom is 0.224 e. The van der Waals surface area contributed by atoms with E-state index in [4.69, 9.17) is 4.74 Å². The van der Waals surface area contributed by atoms with Crippen LogP contribution in [0.4, 0.5) is 5.69 Å². The largest absolute Gasteiger partial charge is 0.492 e. The van der Waals surface area contributed by atoms with Crippen LogP contribution in [0.25, 0.3) is 0 Å². The summed E-state index contributed by atoms with van der Waals surface area (Å²) in [7, 11) is 0. The summed E-state index contributed by atoms with van der Waals surface area (Å²) in [5.74, 6) is 0.625. The van der Waals surface area contributed by atoms with E-state index < -0.39 is 0 Å². The van der Waals surface area contributed by atoms with E-state index in [0.717, 1.165) is 25.4 Å². The smallest absolute Gasteiger partial charge is 0.224 e. The third kappa shape index (κ3) is 6.61. The van der Waals surface area contributed by atoms with Crippen molar-refractivity contribution in [3.8, 4) is 5.75 Å². The topological polar surface area (TPSA) is 58.6 Å². The predicted octanol–water partition coefficient (Wildman–Crippen LogP) is 4.07. The third-order valence-electron chi connectivity index (χ3n) is 4.08. The number of rotatable bonds is 11. The van der Waals surface area contributed by atoms with E-state index in [1.165, 1.54) is 11.3 Å². The SMILES string of the molecule is CCN(CC)CCOc1ccc(NC(=O)CCC(=O)c2cccs2)cc1. The maximum atomic E-state index is 12.0. The normalized spacial score (nSPS) is 10.7. The molecular formula is C20H26N2O3S. The van der Waals surface area contributed by atoms with Gasteiger partial charge in [-0.15, -0.1) is 11.3 Å². The van der Waals surface area contributed by atoms with Gasteiger partial charge in [0.2, 0.25) is 5.91 Å². The molecule has 1 N–H and O–H groups in total. The number of hydrogen-bond acceptors (Lipinski definition) is 5. The van der Waals surface area contributed by atoms with Crippen LogP contribution in [-0.4, -0.2) is 42.8 Å².